The summed E-state index contributed by atoms with van der Waals surface area (Å²) in [5.74, 6) is 0.171. The molecule has 1 saturated heterocycles. The first-order valence-electron chi connectivity index (χ1n) is 10.4. The first-order chi connectivity index (χ1) is 15.2. The van der Waals surface area contributed by atoms with Gasteiger partial charge in [0.1, 0.15) is 17.4 Å². The molecule has 1 fully saturated rings. The summed E-state index contributed by atoms with van der Waals surface area (Å²) in [6.07, 6.45) is 7.37. The maximum atomic E-state index is 12.7. The molecule has 1 aromatic carbocycles. The second kappa shape index (κ2) is 8.72. The average molecular weight is 421 g/mol. The minimum absolute atomic E-state index is 0.0216. The van der Waals surface area contributed by atoms with E-state index in [0.717, 1.165) is 55.9 Å². The zero-order valence-electron chi connectivity index (χ0n) is 17.0. The molecule has 11 heteroatoms. The second-order valence-corrected chi connectivity index (χ2v) is 7.81. The molecule has 0 aliphatic carbocycles. The van der Waals surface area contributed by atoms with Gasteiger partial charge in [-0.1, -0.05) is 12.1 Å². The lowest BCUT2D eigenvalue weighted by atomic mass is 10.1. The number of dihydropyridines is 1. The number of allylic oxidation sites excluding steroid dienone is 1. The smallest absolute Gasteiger partial charge is 0.224 e. The standard InChI is InChI=1S/C20H23N9O2/c30-20(12-16-2-3-17(13-21-16)29-14-22-25-26-29)28-9-7-27(8-10-28)6-5-15-1-4-18-19(11-15)24-31-23-18/h1,3-4,11,13-14,16H,2,5-10,12H2. The molecule has 2 aliphatic heterocycles. The molecule has 0 N–H and O–H groups in total. The molecule has 2 aromatic heterocycles. The molecule has 3 aromatic rings. The molecule has 31 heavy (non-hydrogen) atoms. The Bertz CT molecular complexity index is 1100. The Balaban J connectivity index is 1.06. The van der Waals surface area contributed by atoms with E-state index in [1.54, 1.807) is 10.9 Å². The van der Waals surface area contributed by atoms with Crippen molar-refractivity contribution in [2.24, 2.45) is 4.99 Å². The summed E-state index contributed by atoms with van der Waals surface area (Å²) in [7, 11) is 0. The van der Waals surface area contributed by atoms with E-state index in [2.05, 4.69) is 41.8 Å². The fourth-order valence-electron chi connectivity index (χ4n) is 3.94. The quantitative estimate of drug-likeness (QED) is 0.570. The Hall–Kier alpha value is -3.47. The summed E-state index contributed by atoms with van der Waals surface area (Å²) >= 11 is 0. The van der Waals surface area contributed by atoms with Gasteiger partial charge < -0.3 is 4.90 Å². The number of tetrazole rings is 1. The summed E-state index contributed by atoms with van der Waals surface area (Å²) in [6.45, 7) is 4.24. The minimum atomic E-state index is -0.0216. The predicted molar refractivity (Wildman–Crippen MR) is 112 cm³/mol. The highest BCUT2D eigenvalue weighted by atomic mass is 16.6. The topological polar surface area (TPSA) is 118 Å². The van der Waals surface area contributed by atoms with Crippen molar-refractivity contribution >= 4 is 28.9 Å². The van der Waals surface area contributed by atoms with E-state index in [1.807, 2.05) is 23.1 Å². The van der Waals surface area contributed by atoms with Crippen molar-refractivity contribution in [3.8, 4) is 0 Å². The number of carbonyl (C=O) groups excluding carboxylic acids is 1. The highest BCUT2D eigenvalue weighted by Crippen LogP contribution is 2.17. The molecule has 0 radical (unpaired) electrons. The van der Waals surface area contributed by atoms with Crippen LogP contribution in [-0.4, -0.2) is 91.2 Å². The Morgan fingerprint density at radius 2 is 2.00 bits per heavy atom. The second-order valence-electron chi connectivity index (χ2n) is 7.81. The molecule has 1 unspecified atom stereocenters. The fraction of sp³-hybridized carbons (Fsp3) is 0.450. The van der Waals surface area contributed by atoms with Crippen LogP contribution >= 0.6 is 0 Å². The number of rotatable bonds is 6. The van der Waals surface area contributed by atoms with Crippen LogP contribution in [0.2, 0.25) is 0 Å². The summed E-state index contributed by atoms with van der Waals surface area (Å²) in [5.41, 5.74) is 3.62. The Morgan fingerprint density at radius 3 is 2.77 bits per heavy atom. The van der Waals surface area contributed by atoms with Crippen molar-refractivity contribution in [3.63, 3.8) is 0 Å². The van der Waals surface area contributed by atoms with Gasteiger partial charge in [-0.2, -0.15) is 4.68 Å². The van der Waals surface area contributed by atoms with Crippen LogP contribution in [0.25, 0.3) is 16.7 Å². The van der Waals surface area contributed by atoms with Gasteiger partial charge in [-0.25, -0.2) is 4.63 Å². The van der Waals surface area contributed by atoms with Gasteiger partial charge in [0.05, 0.1) is 11.7 Å². The van der Waals surface area contributed by atoms with Gasteiger partial charge >= 0.3 is 0 Å². The van der Waals surface area contributed by atoms with Gasteiger partial charge in [-0.3, -0.25) is 14.7 Å². The number of carbonyl (C=O) groups is 1. The molecule has 1 atom stereocenters. The summed E-state index contributed by atoms with van der Waals surface area (Å²) < 4.78 is 6.33. The molecule has 2 aliphatic rings. The Labute approximate surface area is 178 Å². The lowest BCUT2D eigenvalue weighted by Gasteiger charge is -2.35. The van der Waals surface area contributed by atoms with Crippen LogP contribution in [0.1, 0.15) is 18.4 Å². The van der Waals surface area contributed by atoms with Crippen molar-refractivity contribution < 1.29 is 9.42 Å². The lowest BCUT2D eigenvalue weighted by molar-refractivity contribution is -0.133. The highest BCUT2D eigenvalue weighted by molar-refractivity contribution is 6.02. The third kappa shape index (κ3) is 4.50. The number of hydrogen-bond acceptors (Lipinski definition) is 9. The molecule has 4 heterocycles. The number of hydrogen-bond donors (Lipinski definition) is 0. The zero-order valence-corrected chi connectivity index (χ0v) is 17.0. The van der Waals surface area contributed by atoms with Crippen LogP contribution in [-0.2, 0) is 11.2 Å². The van der Waals surface area contributed by atoms with Crippen molar-refractivity contribution in [2.75, 3.05) is 32.7 Å². The van der Waals surface area contributed by atoms with E-state index < -0.39 is 0 Å². The summed E-state index contributed by atoms with van der Waals surface area (Å²) in [4.78, 5) is 21.6. The van der Waals surface area contributed by atoms with E-state index in [9.17, 15) is 4.79 Å². The molecule has 5 rings (SSSR count). The number of aromatic nitrogens is 6. The van der Waals surface area contributed by atoms with Crippen molar-refractivity contribution in [3.05, 3.63) is 36.2 Å². The number of fused-ring (bicyclic) bond motifs is 1. The largest absolute Gasteiger partial charge is 0.340 e. The lowest BCUT2D eigenvalue weighted by Crippen LogP contribution is -2.49. The molecule has 0 bridgehead atoms. The third-order valence-electron chi connectivity index (χ3n) is 5.80. The molecule has 1 amide bonds. The van der Waals surface area contributed by atoms with E-state index in [0.29, 0.717) is 12.8 Å². The summed E-state index contributed by atoms with van der Waals surface area (Å²) in [6, 6.07) is 6.00. The number of nitrogens with zero attached hydrogens (tertiary/aromatic N) is 9. The number of aliphatic imine (C=N–C) groups is 1. The maximum Gasteiger partial charge on any atom is 0.224 e. The number of piperazine rings is 1. The molecule has 0 saturated carbocycles. The van der Waals surface area contributed by atoms with Crippen molar-refractivity contribution in [1.82, 2.24) is 40.3 Å². The molecule has 0 spiro atoms. The van der Waals surface area contributed by atoms with E-state index in [1.165, 1.54) is 11.9 Å². The maximum absolute atomic E-state index is 12.7. The van der Waals surface area contributed by atoms with Gasteiger partial charge in [0.2, 0.25) is 5.91 Å². The van der Waals surface area contributed by atoms with Crippen LogP contribution in [0.4, 0.5) is 0 Å². The van der Waals surface area contributed by atoms with Crippen LogP contribution < -0.4 is 0 Å². The summed E-state index contributed by atoms with van der Waals surface area (Å²) in [5, 5.41) is 18.9. The van der Waals surface area contributed by atoms with Crippen molar-refractivity contribution in [2.45, 2.75) is 25.3 Å². The number of benzene rings is 1. The van der Waals surface area contributed by atoms with E-state index in [4.69, 9.17) is 4.63 Å². The van der Waals surface area contributed by atoms with Crippen LogP contribution in [0, 0.1) is 0 Å². The molecular weight excluding hydrogens is 398 g/mol. The SMILES string of the molecule is O=C(CC1CC=C(n2cnnn2)C=N1)N1CCN(CCc2ccc3nonc3c2)CC1. The van der Waals surface area contributed by atoms with Crippen LogP contribution in [0.15, 0.2) is 40.2 Å². The Kier molecular flexibility index (Phi) is 5.48. The fourth-order valence-corrected chi connectivity index (χ4v) is 3.94. The monoisotopic (exact) mass is 421 g/mol. The molecule has 160 valence electrons. The van der Waals surface area contributed by atoms with Crippen molar-refractivity contribution in [1.29, 1.82) is 0 Å². The van der Waals surface area contributed by atoms with Crippen LogP contribution in [0.3, 0.4) is 0 Å². The van der Waals surface area contributed by atoms with Gasteiger partial charge in [0.25, 0.3) is 0 Å². The van der Waals surface area contributed by atoms with Gasteiger partial charge in [0.15, 0.2) is 0 Å². The first-order valence-corrected chi connectivity index (χ1v) is 10.4. The normalized spacial score (nSPS) is 19.7. The zero-order chi connectivity index (χ0) is 21.0. The average Bonchev–Trinajstić information content (AvgIpc) is 3.50. The van der Waals surface area contributed by atoms with E-state index >= 15 is 0 Å². The van der Waals surface area contributed by atoms with Crippen LogP contribution in [0.5, 0.6) is 0 Å². The molecule has 11 nitrogen and oxygen atoms in total. The molecular formula is C20H23N9O2. The van der Waals surface area contributed by atoms with Gasteiger partial charge in [-0.15, -0.1) is 5.10 Å². The minimum Gasteiger partial charge on any atom is -0.340 e. The number of amides is 1. The Morgan fingerprint density at radius 1 is 1.13 bits per heavy atom. The van der Waals surface area contributed by atoms with Gasteiger partial charge in [0, 0.05) is 45.4 Å². The highest BCUT2D eigenvalue weighted by Gasteiger charge is 2.24. The third-order valence-corrected chi connectivity index (χ3v) is 5.80. The predicted octanol–water partition coefficient (Wildman–Crippen LogP) is 0.670. The van der Waals surface area contributed by atoms with Gasteiger partial charge in [-0.05, 0) is 51.3 Å². The first kappa shape index (κ1) is 19.5. The van der Waals surface area contributed by atoms with E-state index in [-0.39, 0.29) is 11.9 Å².